The number of rotatable bonds is 4. The van der Waals surface area contributed by atoms with Gasteiger partial charge in [0.2, 0.25) is 5.78 Å². The second kappa shape index (κ2) is 6.63. The fraction of sp³-hybridized carbons (Fsp3) is 0.118. The summed E-state index contributed by atoms with van der Waals surface area (Å²) in [6.45, 7) is -0.153. The van der Waals surface area contributed by atoms with Crippen LogP contribution in [0.25, 0.3) is 10.9 Å². The molecule has 0 fully saturated rings. The second-order valence-electron chi connectivity index (χ2n) is 5.22. The average Bonchev–Trinajstić information content (AvgIpc) is 2.92. The third kappa shape index (κ3) is 3.13. The molecule has 7 heteroatoms. The summed E-state index contributed by atoms with van der Waals surface area (Å²) >= 11 is 11.7. The predicted octanol–water partition coefficient (Wildman–Crippen LogP) is 3.49. The first-order chi connectivity index (χ1) is 11.5. The normalized spacial score (nSPS) is 10.8. The van der Waals surface area contributed by atoms with Gasteiger partial charge in [0.25, 0.3) is 5.91 Å². The van der Waals surface area contributed by atoms with E-state index < -0.39 is 5.91 Å². The number of benzene rings is 2. The molecule has 24 heavy (non-hydrogen) atoms. The van der Waals surface area contributed by atoms with Gasteiger partial charge < -0.3 is 5.32 Å². The molecule has 0 bridgehead atoms. The molecule has 1 amide bonds. The molecule has 3 rings (SSSR count). The minimum absolute atomic E-state index is 0.153. The van der Waals surface area contributed by atoms with Crippen LogP contribution in [0.5, 0.6) is 0 Å². The molecule has 5 nitrogen and oxygen atoms in total. The molecule has 0 aliphatic heterocycles. The molecule has 0 unspecified atom stereocenters. The van der Waals surface area contributed by atoms with E-state index in [1.807, 2.05) is 24.3 Å². The minimum Gasteiger partial charge on any atom is -0.345 e. The van der Waals surface area contributed by atoms with E-state index in [2.05, 4.69) is 10.4 Å². The minimum atomic E-state index is -0.401. The Morgan fingerprint density at radius 1 is 1.12 bits per heavy atom. The van der Waals surface area contributed by atoms with Gasteiger partial charge >= 0.3 is 0 Å². The first-order valence-electron chi connectivity index (χ1n) is 7.15. The number of nitrogens with one attached hydrogen (secondary N) is 1. The molecule has 1 aromatic heterocycles. The molecule has 0 radical (unpaired) electrons. The van der Waals surface area contributed by atoms with Crippen molar-refractivity contribution >= 4 is 45.8 Å². The Kier molecular flexibility index (Phi) is 4.55. The lowest BCUT2D eigenvalue weighted by Crippen LogP contribution is -2.29. The van der Waals surface area contributed by atoms with E-state index in [-0.39, 0.29) is 17.4 Å². The topological polar surface area (TPSA) is 64.0 Å². The molecular weight excluding hydrogens is 349 g/mol. The standard InChI is InChI=1S/C17H13Cl2N3O2/c1-22-14-5-3-2-4-11(14)16(21-22)15(23)9-20-17(24)10-6-7-12(18)13(19)8-10/h2-8H,9H2,1H3,(H,20,24). The summed E-state index contributed by atoms with van der Waals surface area (Å²) in [5.74, 6) is -0.664. The number of fused-ring (bicyclic) bond motifs is 1. The van der Waals surface area contributed by atoms with Gasteiger partial charge in [-0.1, -0.05) is 41.4 Å². The summed E-state index contributed by atoms with van der Waals surface area (Å²) in [6, 6.07) is 12.0. The average molecular weight is 362 g/mol. The van der Waals surface area contributed by atoms with E-state index in [4.69, 9.17) is 23.2 Å². The number of para-hydroxylation sites is 1. The van der Waals surface area contributed by atoms with Gasteiger partial charge in [0, 0.05) is 18.0 Å². The van der Waals surface area contributed by atoms with Gasteiger partial charge in [0.05, 0.1) is 22.1 Å². The van der Waals surface area contributed by atoms with Crippen LogP contribution in [0.15, 0.2) is 42.5 Å². The molecule has 1 N–H and O–H groups in total. The molecule has 0 spiro atoms. The Morgan fingerprint density at radius 3 is 2.62 bits per heavy atom. The van der Waals surface area contributed by atoms with E-state index >= 15 is 0 Å². The highest BCUT2D eigenvalue weighted by Crippen LogP contribution is 2.22. The molecule has 1 heterocycles. The van der Waals surface area contributed by atoms with Gasteiger partial charge in [-0.25, -0.2) is 0 Å². The number of carbonyl (C=O) groups excluding carboxylic acids is 2. The monoisotopic (exact) mass is 361 g/mol. The summed E-state index contributed by atoms with van der Waals surface area (Å²) in [5, 5.41) is 8.23. The molecule has 0 saturated carbocycles. The highest BCUT2D eigenvalue weighted by molar-refractivity contribution is 6.42. The second-order valence-corrected chi connectivity index (χ2v) is 6.04. The quantitative estimate of drug-likeness (QED) is 0.723. The molecular formula is C17H13Cl2N3O2. The Bertz CT molecular complexity index is 950. The first kappa shape index (κ1) is 16.5. The zero-order valence-electron chi connectivity index (χ0n) is 12.7. The Morgan fingerprint density at radius 2 is 1.88 bits per heavy atom. The lowest BCUT2D eigenvalue weighted by Gasteiger charge is -2.05. The number of aromatic nitrogens is 2. The summed E-state index contributed by atoms with van der Waals surface area (Å²) in [5.41, 5.74) is 1.53. The molecule has 2 aromatic carbocycles. The fourth-order valence-electron chi connectivity index (χ4n) is 2.40. The van der Waals surface area contributed by atoms with Crippen LogP contribution in [0.4, 0.5) is 0 Å². The number of halogens is 2. The Balaban J connectivity index is 1.75. The highest BCUT2D eigenvalue weighted by atomic mass is 35.5. The molecule has 0 aliphatic carbocycles. The molecule has 0 atom stereocenters. The van der Waals surface area contributed by atoms with Crippen molar-refractivity contribution in [1.29, 1.82) is 0 Å². The van der Waals surface area contributed by atoms with E-state index in [1.165, 1.54) is 12.1 Å². The zero-order chi connectivity index (χ0) is 17.3. The van der Waals surface area contributed by atoms with Crippen molar-refractivity contribution in [3.8, 4) is 0 Å². The van der Waals surface area contributed by atoms with Gasteiger partial charge in [0.1, 0.15) is 5.69 Å². The summed E-state index contributed by atoms with van der Waals surface area (Å²) in [7, 11) is 1.77. The maximum Gasteiger partial charge on any atom is 0.251 e. The van der Waals surface area contributed by atoms with Crippen molar-refractivity contribution in [1.82, 2.24) is 15.1 Å². The number of hydrogen-bond donors (Lipinski definition) is 1. The van der Waals surface area contributed by atoms with Crippen molar-refractivity contribution in [3.05, 3.63) is 63.8 Å². The molecule has 0 aliphatic rings. The number of carbonyl (C=O) groups is 2. The largest absolute Gasteiger partial charge is 0.345 e. The van der Waals surface area contributed by atoms with Gasteiger partial charge in [-0.15, -0.1) is 0 Å². The third-order valence-electron chi connectivity index (χ3n) is 3.61. The van der Waals surface area contributed by atoms with Crippen LogP contribution < -0.4 is 5.32 Å². The maximum absolute atomic E-state index is 12.4. The van der Waals surface area contributed by atoms with Gasteiger partial charge in [-0.3, -0.25) is 14.3 Å². The van der Waals surface area contributed by atoms with Crippen LogP contribution in [-0.4, -0.2) is 28.0 Å². The van der Waals surface area contributed by atoms with Crippen molar-refractivity contribution in [3.63, 3.8) is 0 Å². The first-order valence-corrected chi connectivity index (χ1v) is 7.91. The van der Waals surface area contributed by atoms with Gasteiger partial charge in [-0.2, -0.15) is 5.10 Å². The number of Topliss-reactive ketones (excluding diaryl/α,β-unsaturated/α-hetero) is 1. The molecule has 3 aromatic rings. The van der Waals surface area contributed by atoms with Crippen LogP contribution in [0.3, 0.4) is 0 Å². The highest BCUT2D eigenvalue weighted by Gasteiger charge is 2.17. The number of aryl methyl sites for hydroxylation is 1. The van der Waals surface area contributed by atoms with Crippen molar-refractivity contribution in [2.45, 2.75) is 0 Å². The number of amides is 1. The number of hydrogen-bond acceptors (Lipinski definition) is 3. The fourth-order valence-corrected chi connectivity index (χ4v) is 2.70. The van der Waals surface area contributed by atoms with Crippen LogP contribution in [0, 0.1) is 0 Å². The summed E-state index contributed by atoms with van der Waals surface area (Å²) < 4.78 is 1.64. The van der Waals surface area contributed by atoms with Gasteiger partial charge in [-0.05, 0) is 24.3 Å². The Labute approximate surface area is 148 Å². The summed E-state index contributed by atoms with van der Waals surface area (Å²) in [4.78, 5) is 24.5. The third-order valence-corrected chi connectivity index (χ3v) is 4.35. The number of nitrogens with zero attached hydrogens (tertiary/aromatic N) is 2. The Hall–Kier alpha value is -2.37. The van der Waals surface area contributed by atoms with E-state index in [0.29, 0.717) is 16.3 Å². The van der Waals surface area contributed by atoms with Gasteiger partial charge in [0.15, 0.2) is 0 Å². The van der Waals surface area contributed by atoms with Crippen LogP contribution in [0.1, 0.15) is 20.8 Å². The maximum atomic E-state index is 12.4. The van der Waals surface area contributed by atoms with E-state index in [9.17, 15) is 9.59 Å². The van der Waals surface area contributed by atoms with Crippen molar-refractivity contribution in [2.75, 3.05) is 6.54 Å². The van der Waals surface area contributed by atoms with Crippen LogP contribution >= 0.6 is 23.2 Å². The van der Waals surface area contributed by atoms with E-state index in [1.54, 1.807) is 17.8 Å². The van der Waals surface area contributed by atoms with E-state index in [0.717, 1.165) is 10.9 Å². The lowest BCUT2D eigenvalue weighted by molar-refractivity contribution is 0.0902. The van der Waals surface area contributed by atoms with Crippen molar-refractivity contribution in [2.24, 2.45) is 7.05 Å². The summed E-state index contributed by atoms with van der Waals surface area (Å²) in [6.07, 6.45) is 0. The molecule has 122 valence electrons. The number of ketones is 1. The van der Waals surface area contributed by atoms with Crippen molar-refractivity contribution < 1.29 is 9.59 Å². The zero-order valence-corrected chi connectivity index (χ0v) is 14.2. The predicted molar refractivity (Wildman–Crippen MR) is 93.8 cm³/mol. The smallest absolute Gasteiger partial charge is 0.251 e. The lowest BCUT2D eigenvalue weighted by atomic mass is 10.1. The molecule has 0 saturated heterocycles. The van der Waals surface area contributed by atoms with Crippen LogP contribution in [-0.2, 0) is 7.05 Å². The SMILES string of the molecule is Cn1nc(C(=O)CNC(=O)c2ccc(Cl)c(Cl)c2)c2ccccc21. The van der Waals surface area contributed by atoms with Crippen LogP contribution in [0.2, 0.25) is 10.0 Å².